The molecule has 1 aromatic carbocycles. The van der Waals surface area contributed by atoms with Crippen molar-refractivity contribution in [2.75, 3.05) is 13.1 Å². The molecule has 2 atom stereocenters. The second-order valence-corrected chi connectivity index (χ2v) is 4.51. The number of benzene rings is 1. The second kappa shape index (κ2) is 5.61. The van der Waals surface area contributed by atoms with Gasteiger partial charge in [0.05, 0.1) is 11.8 Å². The predicted octanol–water partition coefficient (Wildman–Crippen LogP) is 2.13. The number of hydrogen-bond acceptors (Lipinski definition) is 3. The van der Waals surface area contributed by atoms with Crippen LogP contribution in [-0.2, 0) is 16.1 Å². The lowest BCUT2D eigenvalue weighted by atomic mass is 9.96. The van der Waals surface area contributed by atoms with Crippen molar-refractivity contribution in [3.8, 4) is 0 Å². The fourth-order valence-electron chi connectivity index (χ4n) is 2.11. The molecule has 0 spiro atoms. The second-order valence-electron chi connectivity index (χ2n) is 4.51. The molecule has 1 aliphatic rings. The van der Waals surface area contributed by atoms with E-state index < -0.39 is 24.0 Å². The molecule has 0 radical (unpaired) electrons. The first-order valence-electron chi connectivity index (χ1n) is 5.96. The van der Waals surface area contributed by atoms with E-state index in [9.17, 15) is 18.0 Å². The van der Waals surface area contributed by atoms with Crippen molar-refractivity contribution in [3.63, 3.8) is 0 Å². The molecule has 1 heterocycles. The van der Waals surface area contributed by atoms with Gasteiger partial charge in [0.25, 0.3) is 0 Å². The van der Waals surface area contributed by atoms with Gasteiger partial charge in [0, 0.05) is 13.1 Å². The van der Waals surface area contributed by atoms with Crippen LogP contribution < -0.4 is 5.32 Å². The van der Waals surface area contributed by atoms with Gasteiger partial charge in [-0.1, -0.05) is 30.3 Å². The summed E-state index contributed by atoms with van der Waals surface area (Å²) in [6.45, 7) is -0.215. The maximum atomic E-state index is 12.7. The van der Waals surface area contributed by atoms with Crippen LogP contribution >= 0.6 is 0 Å². The van der Waals surface area contributed by atoms with Crippen LogP contribution in [0.1, 0.15) is 5.56 Å². The number of carbonyl (C=O) groups is 1. The predicted molar refractivity (Wildman–Crippen MR) is 62.1 cm³/mol. The molecule has 0 bridgehead atoms. The molecular formula is C13H14F3NO2. The molecule has 1 saturated heterocycles. The van der Waals surface area contributed by atoms with Crippen molar-refractivity contribution < 1.29 is 22.7 Å². The molecule has 0 aromatic heterocycles. The zero-order valence-corrected chi connectivity index (χ0v) is 10.1. The largest absolute Gasteiger partial charge is 0.461 e. The van der Waals surface area contributed by atoms with Gasteiger partial charge in [-0.25, -0.2) is 0 Å². The lowest BCUT2D eigenvalue weighted by Gasteiger charge is -2.20. The Kier molecular flexibility index (Phi) is 4.09. The molecule has 19 heavy (non-hydrogen) atoms. The Labute approximate surface area is 108 Å². The smallest absolute Gasteiger partial charge is 0.393 e. The van der Waals surface area contributed by atoms with Crippen molar-refractivity contribution in [1.29, 1.82) is 0 Å². The minimum Gasteiger partial charge on any atom is -0.461 e. The molecule has 3 nitrogen and oxygen atoms in total. The number of hydrogen-bond donors (Lipinski definition) is 1. The molecule has 0 saturated carbocycles. The highest BCUT2D eigenvalue weighted by Gasteiger charge is 2.50. The van der Waals surface area contributed by atoms with Crippen LogP contribution in [0.3, 0.4) is 0 Å². The summed E-state index contributed by atoms with van der Waals surface area (Å²) in [5, 5.41) is 2.59. The summed E-state index contributed by atoms with van der Waals surface area (Å²) in [5.41, 5.74) is 0.755. The van der Waals surface area contributed by atoms with Gasteiger partial charge in [-0.15, -0.1) is 0 Å². The van der Waals surface area contributed by atoms with Gasteiger partial charge in [-0.05, 0) is 5.56 Å². The minimum atomic E-state index is -4.38. The Balaban J connectivity index is 1.93. The molecule has 1 aliphatic heterocycles. The highest BCUT2D eigenvalue weighted by molar-refractivity contribution is 5.73. The van der Waals surface area contributed by atoms with Gasteiger partial charge >= 0.3 is 12.1 Å². The monoisotopic (exact) mass is 273 g/mol. The van der Waals surface area contributed by atoms with Crippen LogP contribution in [0.15, 0.2) is 30.3 Å². The van der Waals surface area contributed by atoms with Gasteiger partial charge in [0.2, 0.25) is 0 Å². The van der Waals surface area contributed by atoms with E-state index in [1.807, 2.05) is 6.07 Å². The maximum Gasteiger partial charge on any atom is 0.393 e. The average molecular weight is 273 g/mol. The zero-order valence-electron chi connectivity index (χ0n) is 10.1. The van der Waals surface area contributed by atoms with E-state index in [1.54, 1.807) is 24.3 Å². The van der Waals surface area contributed by atoms with Crippen LogP contribution in [0, 0.1) is 11.8 Å². The Hall–Kier alpha value is -1.56. The molecule has 6 heteroatoms. The zero-order chi connectivity index (χ0) is 13.9. The molecule has 104 valence electrons. The van der Waals surface area contributed by atoms with Crippen LogP contribution in [0.25, 0.3) is 0 Å². The summed E-state index contributed by atoms with van der Waals surface area (Å²) in [5.74, 6) is -3.60. The van der Waals surface area contributed by atoms with E-state index in [2.05, 4.69) is 5.32 Å². The molecule has 1 N–H and O–H groups in total. The molecular weight excluding hydrogens is 259 g/mol. The Morgan fingerprint density at radius 1 is 1.26 bits per heavy atom. The first kappa shape index (κ1) is 13.9. The van der Waals surface area contributed by atoms with Crippen molar-refractivity contribution in [1.82, 2.24) is 5.32 Å². The topological polar surface area (TPSA) is 38.3 Å². The molecule has 1 fully saturated rings. The summed E-state index contributed by atoms with van der Waals surface area (Å²) in [6.07, 6.45) is -4.38. The van der Waals surface area contributed by atoms with Crippen LogP contribution in [0.5, 0.6) is 0 Å². The number of nitrogens with one attached hydrogen (secondary N) is 1. The average Bonchev–Trinajstić information content (AvgIpc) is 2.86. The van der Waals surface area contributed by atoms with Crippen molar-refractivity contribution in [3.05, 3.63) is 35.9 Å². The molecule has 0 aliphatic carbocycles. The van der Waals surface area contributed by atoms with Gasteiger partial charge in [0.1, 0.15) is 6.61 Å². The number of rotatable bonds is 3. The number of esters is 1. The van der Waals surface area contributed by atoms with Crippen LogP contribution in [-0.4, -0.2) is 25.2 Å². The molecule has 0 amide bonds. The van der Waals surface area contributed by atoms with E-state index in [0.29, 0.717) is 0 Å². The molecule has 1 aromatic rings. The van der Waals surface area contributed by atoms with Gasteiger partial charge in [0.15, 0.2) is 0 Å². The van der Waals surface area contributed by atoms with E-state index >= 15 is 0 Å². The van der Waals surface area contributed by atoms with Gasteiger partial charge < -0.3 is 10.1 Å². The quantitative estimate of drug-likeness (QED) is 0.857. The van der Waals surface area contributed by atoms with Crippen molar-refractivity contribution >= 4 is 5.97 Å². The summed E-state index contributed by atoms with van der Waals surface area (Å²) in [6, 6.07) is 8.87. The third-order valence-electron chi connectivity index (χ3n) is 3.16. The summed E-state index contributed by atoms with van der Waals surface area (Å²) >= 11 is 0. The minimum absolute atomic E-state index is 0.000745. The fraction of sp³-hybridized carbons (Fsp3) is 0.462. The van der Waals surface area contributed by atoms with Gasteiger partial charge in [-0.3, -0.25) is 4.79 Å². The lowest BCUT2D eigenvalue weighted by Crippen LogP contribution is -2.34. The summed E-state index contributed by atoms with van der Waals surface area (Å²) in [4.78, 5) is 11.7. The number of alkyl halides is 3. The normalized spacial score (nSPS) is 23.3. The number of carbonyl (C=O) groups excluding carboxylic acids is 1. The SMILES string of the molecule is O=C(OCc1ccccc1)[C@H]1CNC[C@@H]1C(F)(F)F. The number of ether oxygens (including phenoxy) is 1. The standard InChI is InChI=1S/C13H14F3NO2/c14-13(15,16)11-7-17-6-10(11)12(18)19-8-9-4-2-1-3-5-9/h1-5,10-11,17H,6-8H2/t10-,11-/m0/s1. The maximum absolute atomic E-state index is 12.7. The highest BCUT2D eigenvalue weighted by atomic mass is 19.4. The third kappa shape index (κ3) is 3.47. The van der Waals surface area contributed by atoms with Crippen LogP contribution in [0.2, 0.25) is 0 Å². The molecule has 0 unspecified atom stereocenters. The summed E-state index contributed by atoms with van der Waals surface area (Å²) in [7, 11) is 0. The Bertz CT molecular complexity index is 433. The molecule has 2 rings (SSSR count). The van der Waals surface area contributed by atoms with Gasteiger partial charge in [-0.2, -0.15) is 13.2 Å². The van der Waals surface area contributed by atoms with Crippen molar-refractivity contribution in [2.24, 2.45) is 11.8 Å². The highest BCUT2D eigenvalue weighted by Crippen LogP contribution is 2.35. The van der Waals surface area contributed by atoms with E-state index in [0.717, 1.165) is 5.56 Å². The van der Waals surface area contributed by atoms with E-state index in [-0.39, 0.29) is 19.7 Å². The van der Waals surface area contributed by atoms with Crippen LogP contribution in [0.4, 0.5) is 13.2 Å². The van der Waals surface area contributed by atoms with E-state index in [1.165, 1.54) is 0 Å². The Morgan fingerprint density at radius 3 is 2.58 bits per heavy atom. The number of halogens is 3. The Morgan fingerprint density at radius 2 is 1.95 bits per heavy atom. The third-order valence-corrected chi connectivity index (χ3v) is 3.16. The first-order chi connectivity index (χ1) is 8.98. The van der Waals surface area contributed by atoms with E-state index in [4.69, 9.17) is 4.74 Å². The van der Waals surface area contributed by atoms with Crippen molar-refractivity contribution in [2.45, 2.75) is 12.8 Å². The first-order valence-corrected chi connectivity index (χ1v) is 5.96. The fourth-order valence-corrected chi connectivity index (χ4v) is 2.11. The summed E-state index contributed by atoms with van der Waals surface area (Å²) < 4.78 is 43.0. The lowest BCUT2D eigenvalue weighted by molar-refractivity contribution is -0.190.